The molecule has 0 fully saturated rings. The Kier molecular flexibility index (Phi) is 4.28. The lowest BCUT2D eigenvalue weighted by Crippen LogP contribution is -2.35. The second kappa shape index (κ2) is 5.61. The maximum atomic E-state index is 5.97. The van der Waals surface area contributed by atoms with Crippen LogP contribution in [0.3, 0.4) is 0 Å². The molecule has 0 aliphatic rings. The monoisotopic (exact) mass is 342 g/mol. The molecular formula is C13H16BrClN4. The summed E-state index contributed by atoms with van der Waals surface area (Å²) in [4.78, 5) is 0. The van der Waals surface area contributed by atoms with Gasteiger partial charge in [0.25, 0.3) is 0 Å². The maximum absolute atomic E-state index is 5.97. The van der Waals surface area contributed by atoms with Crippen molar-refractivity contribution in [1.29, 1.82) is 0 Å². The van der Waals surface area contributed by atoms with Crippen molar-refractivity contribution in [2.24, 2.45) is 0 Å². The zero-order valence-electron chi connectivity index (χ0n) is 11.1. The van der Waals surface area contributed by atoms with E-state index in [9.17, 15) is 0 Å². The first-order valence-electron chi connectivity index (χ1n) is 5.97. The molecule has 0 radical (unpaired) electrons. The van der Waals surface area contributed by atoms with Crippen molar-refractivity contribution in [2.75, 3.05) is 0 Å². The van der Waals surface area contributed by atoms with Gasteiger partial charge in [-0.25, -0.2) is 4.68 Å². The van der Waals surface area contributed by atoms with Crippen LogP contribution in [0, 0.1) is 0 Å². The molecule has 1 aromatic heterocycles. The maximum Gasteiger partial charge on any atom is 0.0969 e. The van der Waals surface area contributed by atoms with Crippen LogP contribution in [0.5, 0.6) is 0 Å². The van der Waals surface area contributed by atoms with Crippen LogP contribution < -0.4 is 5.32 Å². The van der Waals surface area contributed by atoms with E-state index in [2.05, 4.69) is 52.3 Å². The van der Waals surface area contributed by atoms with Gasteiger partial charge in [-0.2, -0.15) is 0 Å². The lowest BCUT2D eigenvalue weighted by atomic mass is 10.1. The van der Waals surface area contributed by atoms with Crippen molar-refractivity contribution in [3.05, 3.63) is 39.6 Å². The van der Waals surface area contributed by atoms with Crippen molar-refractivity contribution < 1.29 is 0 Å². The average Bonchev–Trinajstić information content (AvgIpc) is 2.78. The number of rotatable bonds is 3. The lowest BCUT2D eigenvalue weighted by molar-refractivity contribution is 0.421. The SMILES string of the molecule is CC(C)(C)NCc1cn(-c2ccc(Cl)c(Br)c2)nn1. The van der Waals surface area contributed by atoms with Crippen LogP contribution in [0.25, 0.3) is 5.69 Å². The molecule has 1 aromatic carbocycles. The predicted molar refractivity (Wildman–Crippen MR) is 80.7 cm³/mol. The fourth-order valence-corrected chi connectivity index (χ4v) is 1.97. The van der Waals surface area contributed by atoms with Gasteiger partial charge in [0.2, 0.25) is 0 Å². The second-order valence-corrected chi connectivity index (χ2v) is 6.62. The minimum absolute atomic E-state index is 0.0626. The third kappa shape index (κ3) is 4.03. The molecule has 6 heteroatoms. The largest absolute Gasteiger partial charge is 0.306 e. The summed E-state index contributed by atoms with van der Waals surface area (Å²) in [7, 11) is 0. The van der Waals surface area contributed by atoms with Crippen molar-refractivity contribution in [3.63, 3.8) is 0 Å². The molecule has 0 saturated heterocycles. The first-order chi connectivity index (χ1) is 8.85. The Morgan fingerprint density at radius 2 is 2.11 bits per heavy atom. The Labute approximate surface area is 126 Å². The normalized spacial score (nSPS) is 11.8. The summed E-state index contributed by atoms with van der Waals surface area (Å²) in [6.45, 7) is 7.05. The van der Waals surface area contributed by atoms with Gasteiger partial charge in [-0.1, -0.05) is 16.8 Å². The topological polar surface area (TPSA) is 42.7 Å². The zero-order valence-corrected chi connectivity index (χ0v) is 13.5. The molecule has 0 saturated carbocycles. The fourth-order valence-electron chi connectivity index (χ4n) is 1.49. The molecule has 0 bridgehead atoms. The molecule has 102 valence electrons. The highest BCUT2D eigenvalue weighted by Crippen LogP contribution is 2.24. The minimum atomic E-state index is 0.0626. The van der Waals surface area contributed by atoms with Gasteiger partial charge in [0.15, 0.2) is 0 Å². The predicted octanol–water partition coefficient (Wildman–Crippen LogP) is 3.57. The molecule has 2 rings (SSSR count). The van der Waals surface area contributed by atoms with Gasteiger partial charge in [-0.15, -0.1) is 5.10 Å². The molecule has 0 aliphatic carbocycles. The second-order valence-electron chi connectivity index (χ2n) is 5.36. The third-order valence-corrected chi connectivity index (χ3v) is 3.72. The Bertz CT molecular complexity index is 574. The smallest absolute Gasteiger partial charge is 0.0969 e. The van der Waals surface area contributed by atoms with Crippen LogP contribution in [0.2, 0.25) is 5.02 Å². The average molecular weight is 344 g/mol. The van der Waals surface area contributed by atoms with E-state index in [0.29, 0.717) is 11.6 Å². The molecule has 0 unspecified atom stereocenters. The first-order valence-corrected chi connectivity index (χ1v) is 7.14. The molecular weight excluding hydrogens is 328 g/mol. The highest BCUT2D eigenvalue weighted by atomic mass is 79.9. The summed E-state index contributed by atoms with van der Waals surface area (Å²) in [6.07, 6.45) is 1.91. The molecule has 2 aromatic rings. The van der Waals surface area contributed by atoms with Gasteiger partial charge in [-0.3, -0.25) is 0 Å². The van der Waals surface area contributed by atoms with E-state index in [4.69, 9.17) is 11.6 Å². The van der Waals surface area contributed by atoms with Crippen molar-refractivity contribution in [3.8, 4) is 5.69 Å². The Morgan fingerprint density at radius 1 is 1.37 bits per heavy atom. The lowest BCUT2D eigenvalue weighted by Gasteiger charge is -2.19. The highest BCUT2D eigenvalue weighted by molar-refractivity contribution is 9.10. The van der Waals surface area contributed by atoms with Crippen LogP contribution in [-0.4, -0.2) is 20.5 Å². The highest BCUT2D eigenvalue weighted by Gasteiger charge is 2.10. The van der Waals surface area contributed by atoms with Crippen molar-refractivity contribution >= 4 is 27.5 Å². The van der Waals surface area contributed by atoms with E-state index in [1.807, 2.05) is 24.4 Å². The summed E-state index contributed by atoms with van der Waals surface area (Å²) in [5, 5.41) is 12.3. The van der Waals surface area contributed by atoms with Gasteiger partial charge in [0, 0.05) is 16.6 Å². The molecule has 4 nitrogen and oxygen atoms in total. The van der Waals surface area contributed by atoms with E-state index in [0.717, 1.165) is 15.9 Å². The summed E-state index contributed by atoms with van der Waals surface area (Å²) in [5.74, 6) is 0. The standard InChI is InChI=1S/C13H16BrClN4/c1-13(2,3)16-7-9-8-19(18-17-9)10-4-5-12(15)11(14)6-10/h4-6,8,16H,7H2,1-3H3. The molecule has 1 heterocycles. The number of benzene rings is 1. The van der Waals surface area contributed by atoms with Crippen molar-refractivity contribution in [1.82, 2.24) is 20.3 Å². The van der Waals surface area contributed by atoms with Crippen molar-refractivity contribution in [2.45, 2.75) is 32.9 Å². The number of hydrogen-bond donors (Lipinski definition) is 1. The van der Waals surface area contributed by atoms with Gasteiger partial charge >= 0.3 is 0 Å². The molecule has 0 aliphatic heterocycles. The van der Waals surface area contributed by atoms with Crippen LogP contribution in [0.4, 0.5) is 0 Å². The Morgan fingerprint density at radius 3 is 2.74 bits per heavy atom. The van der Waals surface area contributed by atoms with Crippen LogP contribution in [-0.2, 0) is 6.54 Å². The molecule has 19 heavy (non-hydrogen) atoms. The number of nitrogens with one attached hydrogen (secondary N) is 1. The van der Waals surface area contributed by atoms with Gasteiger partial charge in [0.1, 0.15) is 0 Å². The molecule has 0 spiro atoms. The molecule has 0 atom stereocenters. The quantitative estimate of drug-likeness (QED) is 0.926. The molecule has 1 N–H and O–H groups in total. The van der Waals surface area contributed by atoms with E-state index in [-0.39, 0.29) is 5.54 Å². The number of aromatic nitrogens is 3. The van der Waals surface area contributed by atoms with E-state index < -0.39 is 0 Å². The van der Waals surface area contributed by atoms with Gasteiger partial charge in [0.05, 0.1) is 22.6 Å². The van der Waals surface area contributed by atoms with Crippen LogP contribution in [0.1, 0.15) is 26.5 Å². The number of hydrogen-bond acceptors (Lipinski definition) is 3. The van der Waals surface area contributed by atoms with Crippen LogP contribution >= 0.6 is 27.5 Å². The van der Waals surface area contributed by atoms with Gasteiger partial charge in [-0.05, 0) is 54.9 Å². The summed E-state index contributed by atoms with van der Waals surface area (Å²) in [5.41, 5.74) is 1.89. The molecule has 0 amide bonds. The third-order valence-electron chi connectivity index (χ3n) is 2.51. The summed E-state index contributed by atoms with van der Waals surface area (Å²) < 4.78 is 2.58. The van der Waals surface area contributed by atoms with E-state index in [1.54, 1.807) is 4.68 Å². The summed E-state index contributed by atoms with van der Waals surface area (Å²) >= 11 is 9.37. The number of halogens is 2. The van der Waals surface area contributed by atoms with E-state index in [1.165, 1.54) is 0 Å². The minimum Gasteiger partial charge on any atom is -0.306 e. The Hall–Kier alpha value is -0.910. The zero-order chi connectivity index (χ0) is 14.0. The first kappa shape index (κ1) is 14.5. The van der Waals surface area contributed by atoms with Crippen LogP contribution in [0.15, 0.2) is 28.9 Å². The Balaban J connectivity index is 2.14. The summed E-state index contributed by atoms with van der Waals surface area (Å²) in [6, 6.07) is 5.65. The van der Waals surface area contributed by atoms with E-state index >= 15 is 0 Å². The fraction of sp³-hybridized carbons (Fsp3) is 0.385. The van der Waals surface area contributed by atoms with Gasteiger partial charge < -0.3 is 5.32 Å². The number of nitrogens with zero attached hydrogens (tertiary/aromatic N) is 3.